The molecule has 1 aromatic heterocycles. The van der Waals surface area contributed by atoms with Crippen LogP contribution >= 0.6 is 0 Å². The molecule has 2 aromatic rings. The Balaban J connectivity index is 1.51. The van der Waals surface area contributed by atoms with Gasteiger partial charge in [0.1, 0.15) is 11.9 Å². The standard InChI is InChI=1S/C20H22N4O2S/c21-15-18-6-3-9-22-20(18)23-10-12-24(13-11-23)27(25,26)19-8-7-16-4-1-2-5-17(16)14-19/h3,6-9,14H,1-2,4-5,10-13H2. The highest BCUT2D eigenvalue weighted by Gasteiger charge is 2.30. The second-order valence-electron chi connectivity index (χ2n) is 7.02. The first-order valence-electron chi connectivity index (χ1n) is 9.31. The van der Waals surface area contributed by atoms with Crippen LogP contribution in [-0.2, 0) is 22.9 Å². The van der Waals surface area contributed by atoms with E-state index in [-0.39, 0.29) is 0 Å². The number of sulfonamides is 1. The van der Waals surface area contributed by atoms with E-state index in [1.807, 2.05) is 17.0 Å². The fourth-order valence-electron chi connectivity index (χ4n) is 3.90. The Hall–Kier alpha value is -2.43. The van der Waals surface area contributed by atoms with Crippen LogP contribution < -0.4 is 4.90 Å². The van der Waals surface area contributed by atoms with Gasteiger partial charge in [0, 0.05) is 32.4 Å². The molecule has 0 saturated carbocycles. The summed E-state index contributed by atoms with van der Waals surface area (Å²) in [5, 5.41) is 9.25. The third kappa shape index (κ3) is 3.43. The van der Waals surface area contributed by atoms with Gasteiger partial charge in [0.05, 0.1) is 10.5 Å². The van der Waals surface area contributed by atoms with Gasteiger partial charge in [0.2, 0.25) is 10.0 Å². The lowest BCUT2D eigenvalue weighted by Gasteiger charge is -2.35. The molecule has 4 rings (SSSR count). The van der Waals surface area contributed by atoms with Gasteiger partial charge in [-0.05, 0) is 61.1 Å². The largest absolute Gasteiger partial charge is 0.353 e. The molecule has 0 spiro atoms. The van der Waals surface area contributed by atoms with Gasteiger partial charge in [-0.3, -0.25) is 0 Å². The minimum Gasteiger partial charge on any atom is -0.353 e. The summed E-state index contributed by atoms with van der Waals surface area (Å²) in [6.45, 7) is 1.83. The Morgan fingerprint density at radius 2 is 1.74 bits per heavy atom. The first-order valence-corrected chi connectivity index (χ1v) is 10.8. The van der Waals surface area contributed by atoms with E-state index >= 15 is 0 Å². The van der Waals surface area contributed by atoms with Crippen LogP contribution in [0.4, 0.5) is 5.82 Å². The number of rotatable bonds is 3. The van der Waals surface area contributed by atoms with Crippen LogP contribution in [0.1, 0.15) is 29.5 Å². The van der Waals surface area contributed by atoms with E-state index in [0.29, 0.717) is 42.5 Å². The van der Waals surface area contributed by atoms with Gasteiger partial charge in [-0.2, -0.15) is 9.57 Å². The third-order valence-corrected chi connectivity index (χ3v) is 7.30. The Morgan fingerprint density at radius 3 is 2.48 bits per heavy atom. The highest BCUT2D eigenvalue weighted by Crippen LogP contribution is 2.27. The summed E-state index contributed by atoms with van der Waals surface area (Å²) in [6, 6.07) is 11.2. The first-order chi connectivity index (χ1) is 13.1. The second-order valence-corrected chi connectivity index (χ2v) is 8.95. The van der Waals surface area contributed by atoms with Crippen LogP contribution in [0.2, 0.25) is 0 Å². The Bertz CT molecular complexity index is 989. The van der Waals surface area contributed by atoms with Crippen molar-refractivity contribution in [3.63, 3.8) is 0 Å². The minimum atomic E-state index is -3.50. The summed E-state index contributed by atoms with van der Waals surface area (Å²) in [5.74, 6) is 0.630. The minimum absolute atomic E-state index is 0.390. The third-order valence-electron chi connectivity index (χ3n) is 5.40. The maximum absolute atomic E-state index is 13.1. The number of pyridine rings is 1. The Morgan fingerprint density at radius 1 is 1.00 bits per heavy atom. The molecular formula is C20H22N4O2S. The molecule has 1 aliphatic heterocycles. The second kappa shape index (κ2) is 7.29. The highest BCUT2D eigenvalue weighted by molar-refractivity contribution is 7.89. The lowest BCUT2D eigenvalue weighted by molar-refractivity contribution is 0.383. The van der Waals surface area contributed by atoms with Gasteiger partial charge in [-0.1, -0.05) is 6.07 Å². The number of hydrogen-bond acceptors (Lipinski definition) is 5. The van der Waals surface area contributed by atoms with Crippen molar-refractivity contribution in [1.29, 1.82) is 5.26 Å². The molecule has 7 heteroatoms. The number of hydrogen-bond donors (Lipinski definition) is 0. The van der Waals surface area contributed by atoms with Crippen molar-refractivity contribution < 1.29 is 8.42 Å². The number of piperazine rings is 1. The van der Waals surface area contributed by atoms with E-state index in [0.717, 1.165) is 19.3 Å². The van der Waals surface area contributed by atoms with Crippen molar-refractivity contribution >= 4 is 15.8 Å². The lowest BCUT2D eigenvalue weighted by Crippen LogP contribution is -2.49. The molecule has 140 valence electrons. The van der Waals surface area contributed by atoms with Crippen molar-refractivity contribution in [2.24, 2.45) is 0 Å². The number of aryl methyl sites for hydroxylation is 2. The molecule has 0 N–H and O–H groups in total. The molecule has 27 heavy (non-hydrogen) atoms. The fraction of sp³-hybridized carbons (Fsp3) is 0.400. The maximum atomic E-state index is 13.1. The molecular weight excluding hydrogens is 360 g/mol. The number of nitriles is 1. The van der Waals surface area contributed by atoms with Gasteiger partial charge in [-0.15, -0.1) is 0 Å². The summed E-state index contributed by atoms with van der Waals surface area (Å²) < 4.78 is 27.7. The molecule has 1 aliphatic carbocycles. The average molecular weight is 382 g/mol. The highest BCUT2D eigenvalue weighted by atomic mass is 32.2. The summed E-state index contributed by atoms with van der Waals surface area (Å²) >= 11 is 0. The molecule has 0 radical (unpaired) electrons. The monoisotopic (exact) mass is 382 g/mol. The van der Waals surface area contributed by atoms with E-state index in [1.54, 1.807) is 28.7 Å². The number of nitrogens with zero attached hydrogens (tertiary/aromatic N) is 4. The zero-order valence-electron chi connectivity index (χ0n) is 15.1. The molecule has 6 nitrogen and oxygen atoms in total. The van der Waals surface area contributed by atoms with Crippen molar-refractivity contribution in [1.82, 2.24) is 9.29 Å². The van der Waals surface area contributed by atoms with Crippen LogP contribution in [0.15, 0.2) is 41.4 Å². The van der Waals surface area contributed by atoms with E-state index in [4.69, 9.17) is 0 Å². The van der Waals surface area contributed by atoms with Crippen molar-refractivity contribution in [2.75, 3.05) is 31.1 Å². The number of anilines is 1. The van der Waals surface area contributed by atoms with Gasteiger partial charge in [0.25, 0.3) is 0 Å². The molecule has 2 aliphatic rings. The normalized spacial score (nSPS) is 18.0. The summed E-state index contributed by atoms with van der Waals surface area (Å²) in [6.07, 6.45) is 5.97. The molecule has 0 amide bonds. The Labute approximate surface area is 160 Å². The Kier molecular flexibility index (Phi) is 4.85. The topological polar surface area (TPSA) is 77.3 Å². The summed E-state index contributed by atoms with van der Waals surface area (Å²) in [7, 11) is -3.50. The molecule has 0 atom stereocenters. The van der Waals surface area contributed by atoms with Crippen LogP contribution in [0.25, 0.3) is 0 Å². The predicted octanol–water partition coefficient (Wildman–Crippen LogP) is 2.34. The molecule has 2 heterocycles. The van der Waals surface area contributed by atoms with Gasteiger partial charge in [-0.25, -0.2) is 13.4 Å². The van der Waals surface area contributed by atoms with E-state index < -0.39 is 10.0 Å². The molecule has 1 saturated heterocycles. The molecule has 0 bridgehead atoms. The van der Waals surface area contributed by atoms with Crippen LogP contribution in [0.3, 0.4) is 0 Å². The average Bonchev–Trinajstić information content (AvgIpc) is 2.73. The SMILES string of the molecule is N#Cc1cccnc1N1CCN(S(=O)(=O)c2ccc3c(c2)CCCC3)CC1. The molecule has 1 fully saturated rings. The van der Waals surface area contributed by atoms with Crippen molar-refractivity contribution in [2.45, 2.75) is 30.6 Å². The van der Waals surface area contributed by atoms with Crippen molar-refractivity contribution in [3.05, 3.63) is 53.2 Å². The van der Waals surface area contributed by atoms with Crippen LogP contribution in [-0.4, -0.2) is 43.9 Å². The van der Waals surface area contributed by atoms with E-state index in [1.165, 1.54) is 17.5 Å². The smallest absolute Gasteiger partial charge is 0.243 e. The number of aromatic nitrogens is 1. The van der Waals surface area contributed by atoms with Crippen LogP contribution in [0.5, 0.6) is 0 Å². The summed E-state index contributed by atoms with van der Waals surface area (Å²) in [4.78, 5) is 6.68. The van der Waals surface area contributed by atoms with Gasteiger partial charge in [0.15, 0.2) is 0 Å². The fourth-order valence-corrected chi connectivity index (χ4v) is 5.37. The van der Waals surface area contributed by atoms with Gasteiger partial charge < -0.3 is 4.90 Å². The van der Waals surface area contributed by atoms with Gasteiger partial charge >= 0.3 is 0 Å². The zero-order valence-corrected chi connectivity index (χ0v) is 16.0. The lowest BCUT2D eigenvalue weighted by atomic mass is 9.92. The van der Waals surface area contributed by atoms with E-state index in [9.17, 15) is 13.7 Å². The predicted molar refractivity (Wildman–Crippen MR) is 103 cm³/mol. The number of fused-ring (bicyclic) bond motifs is 1. The maximum Gasteiger partial charge on any atom is 0.243 e. The quantitative estimate of drug-likeness (QED) is 0.814. The first kappa shape index (κ1) is 18.0. The van der Waals surface area contributed by atoms with Crippen molar-refractivity contribution in [3.8, 4) is 6.07 Å². The van der Waals surface area contributed by atoms with Crippen LogP contribution in [0, 0.1) is 11.3 Å². The summed E-state index contributed by atoms with van der Waals surface area (Å²) in [5.41, 5.74) is 2.97. The number of benzene rings is 1. The molecule has 1 aromatic carbocycles. The zero-order chi connectivity index (χ0) is 18.9. The van der Waals surface area contributed by atoms with E-state index in [2.05, 4.69) is 11.1 Å². The molecule has 0 unspecified atom stereocenters.